The van der Waals surface area contributed by atoms with Gasteiger partial charge in [-0.25, -0.2) is 4.79 Å². The molecule has 2 amide bonds. The molecule has 134 valence electrons. The summed E-state index contributed by atoms with van der Waals surface area (Å²) >= 11 is 0. The van der Waals surface area contributed by atoms with Crippen molar-refractivity contribution >= 4 is 6.03 Å². The molecule has 5 heteroatoms. The van der Waals surface area contributed by atoms with Gasteiger partial charge in [-0.2, -0.15) is 0 Å². The first-order valence-electron chi connectivity index (χ1n) is 8.98. The molecule has 1 aromatic carbocycles. The van der Waals surface area contributed by atoms with Gasteiger partial charge in [0.25, 0.3) is 0 Å². The highest BCUT2D eigenvalue weighted by Crippen LogP contribution is 2.28. The van der Waals surface area contributed by atoms with Gasteiger partial charge in [-0.15, -0.1) is 0 Å². The van der Waals surface area contributed by atoms with E-state index in [1.165, 1.54) is 32.1 Å². The van der Waals surface area contributed by atoms with Gasteiger partial charge in [0, 0.05) is 12.6 Å². The molecule has 24 heavy (non-hydrogen) atoms. The molecular formula is C19H31N3O2. The molecule has 2 rings (SSSR count). The molecule has 1 saturated carbocycles. The fraction of sp³-hybridized carbons (Fsp3) is 0.632. The van der Waals surface area contributed by atoms with E-state index in [9.17, 15) is 9.90 Å². The van der Waals surface area contributed by atoms with Crippen LogP contribution in [0.1, 0.15) is 43.7 Å². The molecule has 1 aliphatic carbocycles. The number of hydrogen-bond donors (Lipinski definition) is 3. The minimum Gasteiger partial charge on any atom is -0.394 e. The van der Waals surface area contributed by atoms with Gasteiger partial charge in [-0.3, -0.25) is 0 Å². The number of carbonyl (C=O) groups excluding carboxylic acids is 1. The van der Waals surface area contributed by atoms with E-state index >= 15 is 0 Å². The number of nitrogens with zero attached hydrogens (tertiary/aromatic N) is 1. The highest BCUT2D eigenvalue weighted by atomic mass is 16.3. The van der Waals surface area contributed by atoms with Crippen molar-refractivity contribution in [1.82, 2.24) is 15.5 Å². The smallest absolute Gasteiger partial charge is 0.315 e. The number of urea groups is 1. The summed E-state index contributed by atoms with van der Waals surface area (Å²) < 4.78 is 0. The van der Waals surface area contributed by atoms with E-state index in [-0.39, 0.29) is 18.7 Å². The van der Waals surface area contributed by atoms with Crippen molar-refractivity contribution < 1.29 is 9.90 Å². The molecule has 0 radical (unpaired) electrons. The molecule has 3 N–H and O–H groups in total. The van der Waals surface area contributed by atoms with Gasteiger partial charge in [-0.05, 0) is 38.4 Å². The lowest BCUT2D eigenvalue weighted by atomic mass is 9.83. The Balaban J connectivity index is 1.86. The third kappa shape index (κ3) is 5.49. The maximum Gasteiger partial charge on any atom is 0.315 e. The highest BCUT2D eigenvalue weighted by molar-refractivity contribution is 5.74. The number of benzene rings is 1. The first kappa shape index (κ1) is 18.7. The molecule has 1 fully saturated rings. The average molecular weight is 333 g/mol. The van der Waals surface area contributed by atoms with Crippen molar-refractivity contribution in [3.05, 3.63) is 35.9 Å². The van der Waals surface area contributed by atoms with Crippen LogP contribution in [0.3, 0.4) is 0 Å². The van der Waals surface area contributed by atoms with E-state index in [1.54, 1.807) is 0 Å². The molecule has 0 aromatic heterocycles. The Morgan fingerprint density at radius 3 is 2.46 bits per heavy atom. The number of nitrogens with one attached hydrogen (secondary N) is 2. The summed E-state index contributed by atoms with van der Waals surface area (Å²) in [6, 6.07) is 9.31. The summed E-state index contributed by atoms with van der Waals surface area (Å²) in [4.78, 5) is 14.5. The summed E-state index contributed by atoms with van der Waals surface area (Å²) in [5.41, 5.74) is 0.909. The van der Waals surface area contributed by atoms with E-state index in [0.717, 1.165) is 5.56 Å². The second-order valence-electron chi connectivity index (χ2n) is 6.93. The Morgan fingerprint density at radius 1 is 1.21 bits per heavy atom. The van der Waals surface area contributed by atoms with Gasteiger partial charge in [-0.1, -0.05) is 49.6 Å². The minimum absolute atomic E-state index is 0.114. The third-order valence-electron chi connectivity index (χ3n) is 5.02. The monoisotopic (exact) mass is 333 g/mol. The number of aliphatic hydroxyl groups excluding tert-OH is 1. The maximum absolute atomic E-state index is 12.2. The number of carbonyl (C=O) groups is 1. The first-order chi connectivity index (χ1) is 11.6. The average Bonchev–Trinajstić information content (AvgIpc) is 2.61. The molecule has 0 saturated heterocycles. The van der Waals surface area contributed by atoms with Gasteiger partial charge in [0.1, 0.15) is 0 Å². The second kappa shape index (κ2) is 9.64. The van der Waals surface area contributed by atoms with Crippen molar-refractivity contribution in [1.29, 1.82) is 0 Å². The summed E-state index contributed by atoms with van der Waals surface area (Å²) in [6.07, 6.45) is 6.41. The highest BCUT2D eigenvalue weighted by Gasteiger charge is 2.25. The fourth-order valence-corrected chi connectivity index (χ4v) is 3.62. The lowest BCUT2D eigenvalue weighted by Crippen LogP contribution is -2.48. The van der Waals surface area contributed by atoms with Gasteiger partial charge < -0.3 is 20.6 Å². The largest absolute Gasteiger partial charge is 0.394 e. The number of amides is 2. The second-order valence-corrected chi connectivity index (χ2v) is 6.93. The Hall–Kier alpha value is -1.59. The van der Waals surface area contributed by atoms with Gasteiger partial charge in [0.2, 0.25) is 0 Å². The Bertz CT molecular complexity index is 487. The summed E-state index contributed by atoms with van der Waals surface area (Å²) in [5.74, 6) is 0.650. The first-order valence-corrected chi connectivity index (χ1v) is 8.98. The van der Waals surface area contributed by atoms with Crippen LogP contribution in [0.4, 0.5) is 4.79 Å². The molecule has 0 aliphatic heterocycles. The zero-order chi connectivity index (χ0) is 17.4. The molecule has 1 aliphatic rings. The van der Waals surface area contributed by atoms with Crippen molar-refractivity contribution in [3.63, 3.8) is 0 Å². The predicted molar refractivity (Wildman–Crippen MR) is 96.9 cm³/mol. The van der Waals surface area contributed by atoms with Crippen molar-refractivity contribution in [2.45, 2.75) is 44.2 Å². The van der Waals surface area contributed by atoms with Crippen LogP contribution in [-0.4, -0.2) is 49.3 Å². The minimum atomic E-state index is -0.376. The van der Waals surface area contributed by atoms with Gasteiger partial charge >= 0.3 is 6.03 Å². The lowest BCUT2D eigenvalue weighted by Gasteiger charge is -2.35. The standard InChI is InChI=1S/C19H31N3O2/c1-22(2)18(16-11-7-4-8-12-16)13-20-19(24)21-17(14-23)15-9-5-3-6-10-15/h3,5-6,9-10,16-18,23H,4,7-8,11-14H2,1-2H3,(H2,20,21,24). The normalized spacial score (nSPS) is 18.2. The van der Waals surface area contributed by atoms with Crippen LogP contribution < -0.4 is 10.6 Å². The predicted octanol–water partition coefficient (Wildman–Crippen LogP) is 2.53. The Morgan fingerprint density at radius 2 is 1.88 bits per heavy atom. The SMILES string of the molecule is CN(C)C(CNC(=O)NC(CO)c1ccccc1)C1CCCCC1. The number of rotatable bonds is 7. The van der Waals surface area contributed by atoms with Crippen molar-refractivity contribution in [2.75, 3.05) is 27.2 Å². The maximum atomic E-state index is 12.2. The Kier molecular flexibility index (Phi) is 7.53. The van der Waals surface area contributed by atoms with E-state index < -0.39 is 0 Å². The molecule has 0 heterocycles. The van der Waals surface area contributed by atoms with Crippen molar-refractivity contribution in [2.24, 2.45) is 5.92 Å². The van der Waals surface area contributed by atoms with Gasteiger partial charge in [0.05, 0.1) is 12.6 Å². The topological polar surface area (TPSA) is 64.6 Å². The molecule has 1 aromatic rings. The zero-order valence-corrected chi connectivity index (χ0v) is 14.9. The van der Waals surface area contributed by atoms with Crippen LogP contribution in [0.15, 0.2) is 30.3 Å². The van der Waals surface area contributed by atoms with Crippen LogP contribution in [-0.2, 0) is 0 Å². The van der Waals surface area contributed by atoms with Crippen LogP contribution in [0.2, 0.25) is 0 Å². The van der Waals surface area contributed by atoms with Crippen LogP contribution in [0.25, 0.3) is 0 Å². The van der Waals surface area contributed by atoms with Crippen LogP contribution in [0, 0.1) is 5.92 Å². The van der Waals surface area contributed by atoms with E-state index in [4.69, 9.17) is 0 Å². The molecule has 2 unspecified atom stereocenters. The zero-order valence-electron chi connectivity index (χ0n) is 14.9. The summed E-state index contributed by atoms with van der Waals surface area (Å²) in [5, 5.41) is 15.4. The number of likely N-dealkylation sites (N-methyl/N-ethyl adjacent to an activating group) is 1. The van der Waals surface area contributed by atoms with E-state index in [2.05, 4.69) is 29.6 Å². The van der Waals surface area contributed by atoms with Crippen molar-refractivity contribution in [3.8, 4) is 0 Å². The van der Waals surface area contributed by atoms with Crippen LogP contribution in [0.5, 0.6) is 0 Å². The van der Waals surface area contributed by atoms with Gasteiger partial charge in [0.15, 0.2) is 0 Å². The molecule has 5 nitrogen and oxygen atoms in total. The summed E-state index contributed by atoms with van der Waals surface area (Å²) in [7, 11) is 4.17. The molecule has 0 spiro atoms. The molecule has 2 atom stereocenters. The van der Waals surface area contributed by atoms with Crippen LogP contribution >= 0.6 is 0 Å². The third-order valence-corrected chi connectivity index (χ3v) is 5.02. The summed E-state index contributed by atoms with van der Waals surface area (Å²) in [6.45, 7) is 0.521. The molecular weight excluding hydrogens is 302 g/mol. The quantitative estimate of drug-likeness (QED) is 0.718. The lowest BCUT2D eigenvalue weighted by molar-refractivity contribution is 0.164. The Labute approximate surface area is 145 Å². The number of hydrogen-bond acceptors (Lipinski definition) is 3. The molecule has 0 bridgehead atoms. The van der Waals surface area contributed by atoms with E-state index in [0.29, 0.717) is 18.5 Å². The number of aliphatic hydroxyl groups is 1. The fourth-order valence-electron chi connectivity index (χ4n) is 3.62. The van der Waals surface area contributed by atoms with E-state index in [1.807, 2.05) is 30.3 Å².